The van der Waals surface area contributed by atoms with Gasteiger partial charge in [-0.05, 0) is 48.1 Å². The Labute approximate surface area is 249 Å². The summed E-state index contributed by atoms with van der Waals surface area (Å²) < 4.78 is 18.6. The smallest absolute Gasteiger partial charge is 0.306 e. The lowest BCUT2D eigenvalue weighted by atomic mass is 10.0. The van der Waals surface area contributed by atoms with E-state index in [2.05, 4.69) is 4.98 Å². The van der Waals surface area contributed by atoms with Gasteiger partial charge in [0.25, 0.3) is 5.88 Å². The van der Waals surface area contributed by atoms with Gasteiger partial charge in [-0.1, -0.05) is 13.8 Å². The van der Waals surface area contributed by atoms with Crippen LogP contribution in [0.2, 0.25) is 0 Å². The molecule has 42 heavy (non-hydrogen) atoms. The maximum atomic E-state index is 12.6. The van der Waals surface area contributed by atoms with Crippen LogP contribution in [0, 0.1) is 11.8 Å². The Morgan fingerprint density at radius 1 is 0.810 bits per heavy atom. The van der Waals surface area contributed by atoms with E-state index in [0.717, 1.165) is 20.3 Å². The van der Waals surface area contributed by atoms with E-state index in [4.69, 9.17) is 24.4 Å². The van der Waals surface area contributed by atoms with E-state index in [0.29, 0.717) is 52.1 Å². The molecule has 0 aliphatic rings. The molecule has 12 heteroatoms. The van der Waals surface area contributed by atoms with Crippen molar-refractivity contribution >= 4 is 66.5 Å². The van der Waals surface area contributed by atoms with Gasteiger partial charge in [0, 0.05) is 23.6 Å². The van der Waals surface area contributed by atoms with Gasteiger partial charge in [0.05, 0.1) is 52.6 Å². The molecular weight excluding hydrogens is 582 g/mol. The van der Waals surface area contributed by atoms with Crippen molar-refractivity contribution in [3.05, 3.63) is 45.6 Å². The van der Waals surface area contributed by atoms with Crippen LogP contribution >= 0.6 is 22.7 Å². The largest absolute Gasteiger partial charge is 0.496 e. The van der Waals surface area contributed by atoms with E-state index < -0.39 is 23.8 Å². The molecule has 10 nitrogen and oxygen atoms in total. The highest BCUT2D eigenvalue weighted by molar-refractivity contribution is 7.21. The number of carboxylic acids is 2. The van der Waals surface area contributed by atoms with Crippen LogP contribution in [0.3, 0.4) is 0 Å². The van der Waals surface area contributed by atoms with Crippen LogP contribution in [0.25, 0.3) is 20.3 Å². The van der Waals surface area contributed by atoms with Crippen molar-refractivity contribution in [2.75, 3.05) is 20.8 Å². The Kier molecular flexibility index (Phi) is 9.79. The number of ether oxygens (including phenoxy) is 3. The normalized spacial score (nSPS) is 12.7. The molecule has 3 heterocycles. The second kappa shape index (κ2) is 13.3. The molecule has 0 fully saturated rings. The van der Waals surface area contributed by atoms with Gasteiger partial charge in [0.1, 0.15) is 5.75 Å². The first-order chi connectivity index (χ1) is 20.0. The Morgan fingerprint density at radius 2 is 1.38 bits per heavy atom. The molecule has 0 radical (unpaired) electrons. The first-order valence-electron chi connectivity index (χ1n) is 13.2. The summed E-state index contributed by atoms with van der Waals surface area (Å²) in [5.74, 6) is -2.59. The van der Waals surface area contributed by atoms with Gasteiger partial charge in [-0.25, -0.2) is 4.98 Å². The van der Waals surface area contributed by atoms with Crippen molar-refractivity contribution in [3.63, 3.8) is 0 Å². The second-order valence-corrected chi connectivity index (χ2v) is 12.2. The number of Topliss-reactive ketones (excluding diaryl/α,β-unsaturated/α-hetero) is 2. The Morgan fingerprint density at radius 3 is 1.98 bits per heavy atom. The van der Waals surface area contributed by atoms with Crippen LogP contribution in [0.15, 0.2) is 30.3 Å². The molecule has 222 valence electrons. The quantitative estimate of drug-likeness (QED) is 0.118. The Hall–Kier alpha value is -4.03. The number of carbonyl (C=O) groups is 4. The number of hydrogen-bond donors (Lipinski definition) is 2. The summed E-state index contributed by atoms with van der Waals surface area (Å²) in [6.07, 6.45) is 1.10. The minimum absolute atomic E-state index is 0.0558. The van der Waals surface area contributed by atoms with Crippen molar-refractivity contribution in [3.8, 4) is 17.4 Å². The first-order valence-corrected chi connectivity index (χ1v) is 14.9. The lowest BCUT2D eigenvalue weighted by Gasteiger charge is -2.11. The maximum absolute atomic E-state index is 12.6. The van der Waals surface area contributed by atoms with Crippen LogP contribution in [0.5, 0.6) is 17.4 Å². The average Bonchev–Trinajstić information content (AvgIpc) is 3.57. The average molecular weight is 614 g/mol. The van der Waals surface area contributed by atoms with Gasteiger partial charge < -0.3 is 24.4 Å². The predicted octanol–water partition coefficient (Wildman–Crippen LogP) is 6.13. The molecule has 0 amide bonds. The van der Waals surface area contributed by atoms with Gasteiger partial charge in [-0.3, -0.25) is 19.2 Å². The van der Waals surface area contributed by atoms with Crippen LogP contribution in [-0.2, 0) is 16.0 Å². The zero-order chi connectivity index (χ0) is 30.6. The van der Waals surface area contributed by atoms with Gasteiger partial charge in [-0.2, -0.15) is 0 Å². The highest BCUT2D eigenvalue weighted by Gasteiger charge is 2.21. The standard InChI is InChI=1S/C30H31NO9S2/c1-15(29(34)35)8-20(32)26-11-18-10-17(22(38-3)13-24(18)41-26)6-5-7-40-28-23(39-4)14-25-19(31-28)12-27(42-25)21(33)9-16(2)30(36)37/h10-16H,5-9H2,1-4H3,(H,34,35)(H,36,37). The summed E-state index contributed by atoms with van der Waals surface area (Å²) in [7, 11) is 3.09. The van der Waals surface area contributed by atoms with Crippen LogP contribution in [0.1, 0.15) is 58.0 Å². The number of rotatable bonds is 15. The number of hydrogen-bond acceptors (Lipinski definition) is 10. The second-order valence-electron chi connectivity index (χ2n) is 9.99. The van der Waals surface area contributed by atoms with Gasteiger partial charge >= 0.3 is 11.9 Å². The van der Waals surface area contributed by atoms with Gasteiger partial charge in [-0.15, -0.1) is 22.7 Å². The summed E-state index contributed by atoms with van der Waals surface area (Å²) >= 11 is 2.55. The minimum Gasteiger partial charge on any atom is -0.496 e. The number of fused-ring (bicyclic) bond motifs is 2. The van der Waals surface area contributed by atoms with Crippen molar-refractivity contribution in [2.45, 2.75) is 39.5 Å². The molecular formula is C30H31NO9S2. The highest BCUT2D eigenvalue weighted by atomic mass is 32.1. The van der Waals surface area contributed by atoms with E-state index in [-0.39, 0.29) is 24.4 Å². The summed E-state index contributed by atoms with van der Waals surface area (Å²) in [4.78, 5) is 52.9. The fraction of sp³-hybridized carbons (Fsp3) is 0.367. The Bertz CT molecular complexity index is 1530. The van der Waals surface area contributed by atoms with Crippen molar-refractivity contribution in [2.24, 2.45) is 11.8 Å². The minimum atomic E-state index is -1.02. The van der Waals surface area contributed by atoms with Crippen molar-refractivity contribution in [1.29, 1.82) is 0 Å². The van der Waals surface area contributed by atoms with E-state index in [1.807, 2.05) is 12.1 Å². The van der Waals surface area contributed by atoms with Crippen LogP contribution in [0.4, 0.5) is 0 Å². The van der Waals surface area contributed by atoms with Crippen molar-refractivity contribution in [1.82, 2.24) is 4.98 Å². The lowest BCUT2D eigenvalue weighted by Crippen LogP contribution is -2.13. The van der Waals surface area contributed by atoms with E-state index >= 15 is 0 Å². The molecule has 0 aliphatic heterocycles. The molecule has 2 N–H and O–H groups in total. The summed E-state index contributed by atoms with van der Waals surface area (Å²) in [6.45, 7) is 3.34. The molecule has 0 bridgehead atoms. The number of aliphatic carboxylic acids is 2. The number of aromatic nitrogens is 1. The number of carboxylic acid groups (broad SMARTS) is 2. The lowest BCUT2D eigenvalue weighted by molar-refractivity contribution is -0.141. The zero-order valence-electron chi connectivity index (χ0n) is 23.6. The first kappa shape index (κ1) is 30.9. The van der Waals surface area contributed by atoms with E-state index in [1.165, 1.54) is 43.6 Å². The third kappa shape index (κ3) is 7.05. The summed E-state index contributed by atoms with van der Waals surface area (Å²) in [5, 5.41) is 19.1. The third-order valence-electron chi connectivity index (χ3n) is 6.78. The fourth-order valence-corrected chi connectivity index (χ4v) is 6.32. The van der Waals surface area contributed by atoms with E-state index in [1.54, 1.807) is 25.3 Å². The zero-order valence-corrected chi connectivity index (χ0v) is 25.2. The molecule has 0 saturated heterocycles. The molecule has 0 spiro atoms. The molecule has 3 aromatic heterocycles. The van der Waals surface area contributed by atoms with Gasteiger partial charge in [0.15, 0.2) is 17.3 Å². The molecule has 0 saturated carbocycles. The summed E-state index contributed by atoms with van der Waals surface area (Å²) in [5.41, 5.74) is 1.51. The Balaban J connectivity index is 1.43. The number of methoxy groups -OCH3 is 2. The van der Waals surface area contributed by atoms with Crippen LogP contribution in [-0.4, -0.2) is 59.5 Å². The monoisotopic (exact) mass is 613 g/mol. The number of nitrogens with zero attached hydrogens (tertiary/aromatic N) is 1. The predicted molar refractivity (Wildman–Crippen MR) is 160 cm³/mol. The topological polar surface area (TPSA) is 149 Å². The van der Waals surface area contributed by atoms with Crippen molar-refractivity contribution < 1.29 is 43.6 Å². The van der Waals surface area contributed by atoms with Gasteiger partial charge in [0.2, 0.25) is 0 Å². The maximum Gasteiger partial charge on any atom is 0.306 e. The molecule has 0 aliphatic carbocycles. The number of benzene rings is 1. The fourth-order valence-electron chi connectivity index (χ4n) is 4.32. The third-order valence-corrected chi connectivity index (χ3v) is 9.03. The SMILES string of the molecule is COc1cc2sc(C(=O)CC(C)C(=O)O)cc2cc1CCCOc1nc2cc(C(=O)CC(C)C(=O)O)sc2cc1OC. The number of aryl methyl sites for hydroxylation is 1. The molecule has 1 aromatic carbocycles. The molecule has 2 atom stereocenters. The number of ketones is 2. The molecule has 4 rings (SSSR count). The number of thiophene rings is 2. The van der Waals surface area contributed by atoms with E-state index in [9.17, 15) is 19.2 Å². The van der Waals surface area contributed by atoms with Crippen LogP contribution < -0.4 is 14.2 Å². The molecule has 4 aromatic rings. The molecule has 2 unspecified atom stereocenters. The number of pyridine rings is 1. The summed E-state index contributed by atoms with van der Waals surface area (Å²) in [6, 6.07) is 9.05. The highest BCUT2D eigenvalue weighted by Crippen LogP contribution is 2.36. The number of carbonyl (C=O) groups excluding carboxylic acids is 2.